The number of para-hydroxylation sites is 1. The molecule has 1 amide bonds. The number of benzene rings is 2. The summed E-state index contributed by atoms with van der Waals surface area (Å²) in [4.78, 5) is 12.2. The Morgan fingerprint density at radius 3 is 2.61 bits per heavy atom. The minimum absolute atomic E-state index is 0.0252. The summed E-state index contributed by atoms with van der Waals surface area (Å²) in [6.07, 6.45) is 2.41. The van der Waals surface area contributed by atoms with Crippen molar-refractivity contribution in [2.75, 3.05) is 7.11 Å². The quantitative estimate of drug-likeness (QED) is 0.787. The summed E-state index contributed by atoms with van der Waals surface area (Å²) in [5.74, 6) is 0.841. The highest BCUT2D eigenvalue weighted by atomic mass is 16.5. The second kappa shape index (κ2) is 6.57. The number of rotatable bonds is 5. The second-order valence-corrected chi connectivity index (χ2v) is 5.58. The molecule has 0 saturated carbocycles. The number of carbonyl (C=O) groups is 1. The highest BCUT2D eigenvalue weighted by Crippen LogP contribution is 2.20. The van der Waals surface area contributed by atoms with Crippen LogP contribution >= 0.6 is 0 Å². The Hall–Kier alpha value is -2.75. The van der Waals surface area contributed by atoms with Crippen molar-refractivity contribution in [3.05, 3.63) is 65.9 Å². The van der Waals surface area contributed by atoms with Crippen LogP contribution in [0.2, 0.25) is 0 Å². The van der Waals surface area contributed by atoms with Crippen LogP contribution in [0.15, 0.2) is 54.7 Å². The molecule has 3 aromatic rings. The van der Waals surface area contributed by atoms with Crippen molar-refractivity contribution in [2.24, 2.45) is 7.05 Å². The maximum absolute atomic E-state index is 12.2. The molecule has 118 valence electrons. The third kappa shape index (κ3) is 3.37. The first-order chi connectivity index (χ1) is 11.2. The van der Waals surface area contributed by atoms with Gasteiger partial charge in [0.1, 0.15) is 5.75 Å². The summed E-state index contributed by atoms with van der Waals surface area (Å²) >= 11 is 0. The minimum atomic E-state index is 0.0252. The van der Waals surface area contributed by atoms with E-state index in [-0.39, 0.29) is 5.91 Å². The zero-order valence-electron chi connectivity index (χ0n) is 13.4. The van der Waals surface area contributed by atoms with Crippen LogP contribution in [-0.4, -0.2) is 17.6 Å². The summed E-state index contributed by atoms with van der Waals surface area (Å²) in [5, 5.41) is 4.10. The molecule has 3 rings (SSSR count). The molecule has 0 aliphatic rings. The molecule has 4 heteroatoms. The lowest BCUT2D eigenvalue weighted by molar-refractivity contribution is -0.120. The predicted molar refractivity (Wildman–Crippen MR) is 91.5 cm³/mol. The van der Waals surface area contributed by atoms with Crippen molar-refractivity contribution >= 4 is 16.8 Å². The largest absolute Gasteiger partial charge is 0.497 e. The molecule has 1 aromatic heterocycles. The van der Waals surface area contributed by atoms with Crippen LogP contribution in [0.25, 0.3) is 10.9 Å². The zero-order chi connectivity index (χ0) is 16.2. The first kappa shape index (κ1) is 15.2. The highest BCUT2D eigenvalue weighted by molar-refractivity contribution is 5.89. The van der Waals surface area contributed by atoms with Gasteiger partial charge in [-0.1, -0.05) is 30.3 Å². The molecule has 1 N–H and O–H groups in total. The van der Waals surface area contributed by atoms with E-state index in [0.717, 1.165) is 27.8 Å². The Bertz CT molecular complexity index is 819. The van der Waals surface area contributed by atoms with Crippen molar-refractivity contribution in [1.29, 1.82) is 0 Å². The Kier molecular flexibility index (Phi) is 4.33. The summed E-state index contributed by atoms with van der Waals surface area (Å²) in [6.45, 7) is 0.521. The standard InChI is InChI=1S/C19H20N2O2/c1-21-13-15(17-5-3-4-6-18(17)21)11-19(22)20-12-14-7-9-16(23-2)10-8-14/h3-10,13H,11-12H2,1-2H3,(H,20,22). The van der Waals surface area contributed by atoms with Gasteiger partial charge in [-0.3, -0.25) is 4.79 Å². The summed E-state index contributed by atoms with van der Waals surface area (Å²) < 4.78 is 7.18. The van der Waals surface area contributed by atoms with Gasteiger partial charge < -0.3 is 14.6 Å². The van der Waals surface area contributed by atoms with Gasteiger partial charge in [0.2, 0.25) is 5.91 Å². The molecule has 0 bridgehead atoms. The number of ether oxygens (including phenoxy) is 1. The molecule has 0 spiro atoms. The van der Waals surface area contributed by atoms with Crippen molar-refractivity contribution in [3.8, 4) is 5.75 Å². The summed E-state index contributed by atoms with van der Waals surface area (Å²) in [5.41, 5.74) is 3.25. The van der Waals surface area contributed by atoms with Crippen LogP contribution in [-0.2, 0) is 24.8 Å². The Balaban J connectivity index is 1.64. The minimum Gasteiger partial charge on any atom is -0.497 e. The van der Waals surface area contributed by atoms with Gasteiger partial charge in [-0.05, 0) is 29.3 Å². The first-order valence-electron chi connectivity index (χ1n) is 7.60. The fourth-order valence-corrected chi connectivity index (χ4v) is 2.75. The van der Waals surface area contributed by atoms with Crippen LogP contribution in [0.3, 0.4) is 0 Å². The fraction of sp³-hybridized carbons (Fsp3) is 0.211. The summed E-state index contributed by atoms with van der Waals surface area (Å²) in [7, 11) is 3.64. The van der Waals surface area contributed by atoms with E-state index < -0.39 is 0 Å². The lowest BCUT2D eigenvalue weighted by Crippen LogP contribution is -2.24. The van der Waals surface area contributed by atoms with Crippen LogP contribution in [0.5, 0.6) is 5.75 Å². The van der Waals surface area contributed by atoms with E-state index in [9.17, 15) is 4.79 Å². The van der Waals surface area contributed by atoms with Gasteiger partial charge in [0, 0.05) is 30.7 Å². The average molecular weight is 308 g/mol. The number of nitrogens with zero attached hydrogens (tertiary/aromatic N) is 1. The lowest BCUT2D eigenvalue weighted by Gasteiger charge is -2.06. The van der Waals surface area contributed by atoms with Gasteiger partial charge in [0.05, 0.1) is 13.5 Å². The van der Waals surface area contributed by atoms with E-state index in [0.29, 0.717) is 13.0 Å². The number of aromatic nitrogens is 1. The topological polar surface area (TPSA) is 43.3 Å². The van der Waals surface area contributed by atoms with Gasteiger partial charge in [-0.15, -0.1) is 0 Å². The molecule has 0 radical (unpaired) electrons. The SMILES string of the molecule is COc1ccc(CNC(=O)Cc2cn(C)c3ccccc23)cc1. The molecular weight excluding hydrogens is 288 g/mol. The third-order valence-corrected chi connectivity index (χ3v) is 3.98. The monoisotopic (exact) mass is 308 g/mol. The molecular formula is C19H20N2O2. The number of methoxy groups -OCH3 is 1. The molecule has 0 unspecified atom stereocenters. The van der Waals surface area contributed by atoms with E-state index in [1.54, 1.807) is 7.11 Å². The van der Waals surface area contributed by atoms with Gasteiger partial charge in [-0.2, -0.15) is 0 Å². The summed E-state index contributed by atoms with van der Waals surface area (Å²) in [6, 6.07) is 15.8. The number of nitrogens with one attached hydrogen (secondary N) is 1. The van der Waals surface area contributed by atoms with Gasteiger partial charge in [-0.25, -0.2) is 0 Å². The van der Waals surface area contributed by atoms with Crippen LogP contribution in [0, 0.1) is 0 Å². The first-order valence-corrected chi connectivity index (χ1v) is 7.60. The maximum atomic E-state index is 12.2. The number of hydrogen-bond donors (Lipinski definition) is 1. The fourth-order valence-electron chi connectivity index (χ4n) is 2.75. The van der Waals surface area contributed by atoms with Crippen molar-refractivity contribution in [3.63, 3.8) is 0 Å². The molecule has 0 atom stereocenters. The number of amides is 1. The third-order valence-electron chi connectivity index (χ3n) is 3.98. The van der Waals surface area contributed by atoms with Crippen molar-refractivity contribution in [1.82, 2.24) is 9.88 Å². The van der Waals surface area contributed by atoms with Gasteiger partial charge in [0.25, 0.3) is 0 Å². The molecule has 0 aliphatic carbocycles. The van der Waals surface area contributed by atoms with Crippen LogP contribution in [0.4, 0.5) is 0 Å². The maximum Gasteiger partial charge on any atom is 0.224 e. The number of aryl methyl sites for hydroxylation is 1. The van der Waals surface area contributed by atoms with E-state index in [1.807, 2.05) is 49.6 Å². The highest BCUT2D eigenvalue weighted by Gasteiger charge is 2.10. The average Bonchev–Trinajstić information content (AvgIpc) is 2.90. The Morgan fingerprint density at radius 1 is 1.13 bits per heavy atom. The zero-order valence-corrected chi connectivity index (χ0v) is 13.4. The van der Waals surface area contributed by atoms with Crippen LogP contribution in [0.1, 0.15) is 11.1 Å². The van der Waals surface area contributed by atoms with E-state index in [4.69, 9.17) is 4.74 Å². The Labute approximate surface area is 135 Å². The molecule has 0 saturated heterocycles. The number of fused-ring (bicyclic) bond motifs is 1. The van der Waals surface area contributed by atoms with E-state index >= 15 is 0 Å². The molecule has 2 aromatic carbocycles. The lowest BCUT2D eigenvalue weighted by atomic mass is 10.1. The van der Waals surface area contributed by atoms with Crippen LogP contribution < -0.4 is 10.1 Å². The molecule has 4 nitrogen and oxygen atoms in total. The van der Waals surface area contributed by atoms with E-state index in [2.05, 4.69) is 22.0 Å². The van der Waals surface area contributed by atoms with E-state index in [1.165, 1.54) is 0 Å². The molecule has 1 heterocycles. The second-order valence-electron chi connectivity index (χ2n) is 5.58. The van der Waals surface area contributed by atoms with Gasteiger partial charge in [0.15, 0.2) is 0 Å². The predicted octanol–water partition coefficient (Wildman–Crippen LogP) is 3.05. The smallest absolute Gasteiger partial charge is 0.224 e. The number of hydrogen-bond acceptors (Lipinski definition) is 2. The van der Waals surface area contributed by atoms with Crippen molar-refractivity contribution < 1.29 is 9.53 Å². The normalized spacial score (nSPS) is 10.7. The molecule has 0 fully saturated rings. The molecule has 0 aliphatic heterocycles. The van der Waals surface area contributed by atoms with Crippen molar-refractivity contribution in [2.45, 2.75) is 13.0 Å². The Morgan fingerprint density at radius 2 is 1.87 bits per heavy atom. The van der Waals surface area contributed by atoms with Gasteiger partial charge >= 0.3 is 0 Å². The number of carbonyl (C=O) groups excluding carboxylic acids is 1. The molecule has 23 heavy (non-hydrogen) atoms.